The molecule has 4 nitrogen and oxygen atoms in total. The van der Waals surface area contributed by atoms with E-state index in [-0.39, 0.29) is 30.3 Å². The van der Waals surface area contributed by atoms with Crippen LogP contribution in [0.2, 0.25) is 0 Å². The Morgan fingerprint density at radius 2 is 2.05 bits per heavy atom. The maximum Gasteiger partial charge on any atom is 0.230 e. The topological polar surface area (TPSA) is 68.0 Å². The molecule has 2 saturated carbocycles. The van der Waals surface area contributed by atoms with Crippen molar-refractivity contribution in [3.05, 3.63) is 11.1 Å². The molecule has 1 heterocycles. The van der Waals surface area contributed by atoms with Crippen molar-refractivity contribution in [3.63, 3.8) is 0 Å². The molecule has 1 aromatic rings. The number of halogens is 1. The van der Waals surface area contributed by atoms with Crippen LogP contribution >= 0.6 is 23.7 Å². The SMILES string of the molecule is Cl.NC1CC1C(=O)Nc1ncc(C2CCCCC2)s1. The molecule has 2 aliphatic rings. The van der Waals surface area contributed by atoms with Gasteiger partial charge in [0, 0.05) is 17.1 Å². The second-order valence-electron chi connectivity index (χ2n) is 5.40. The van der Waals surface area contributed by atoms with Gasteiger partial charge in [0.25, 0.3) is 0 Å². The summed E-state index contributed by atoms with van der Waals surface area (Å²) in [5, 5.41) is 3.62. The highest BCUT2D eigenvalue weighted by molar-refractivity contribution is 7.15. The van der Waals surface area contributed by atoms with Gasteiger partial charge in [0.1, 0.15) is 0 Å². The smallest absolute Gasteiger partial charge is 0.230 e. The van der Waals surface area contributed by atoms with Gasteiger partial charge in [-0.05, 0) is 25.2 Å². The minimum atomic E-state index is 0. The van der Waals surface area contributed by atoms with Gasteiger partial charge in [-0.25, -0.2) is 4.98 Å². The fraction of sp³-hybridized carbons (Fsp3) is 0.692. The molecule has 2 unspecified atom stereocenters. The van der Waals surface area contributed by atoms with E-state index in [4.69, 9.17) is 5.73 Å². The van der Waals surface area contributed by atoms with Gasteiger partial charge in [-0.1, -0.05) is 19.3 Å². The first-order valence-corrected chi connectivity index (χ1v) is 7.58. The number of nitrogens with one attached hydrogen (secondary N) is 1. The third-order valence-corrected chi connectivity index (χ3v) is 5.01. The molecule has 3 N–H and O–H groups in total. The fourth-order valence-corrected chi connectivity index (χ4v) is 3.62. The Hall–Kier alpha value is -0.650. The van der Waals surface area contributed by atoms with Crippen LogP contribution in [-0.4, -0.2) is 16.9 Å². The fourth-order valence-electron chi connectivity index (χ4n) is 2.63. The summed E-state index contributed by atoms with van der Waals surface area (Å²) >= 11 is 1.63. The van der Waals surface area contributed by atoms with Crippen LogP contribution in [0, 0.1) is 5.92 Å². The summed E-state index contributed by atoms with van der Waals surface area (Å²) in [6.45, 7) is 0. The number of hydrogen-bond donors (Lipinski definition) is 2. The molecule has 2 aliphatic carbocycles. The van der Waals surface area contributed by atoms with Gasteiger partial charge in [-0.15, -0.1) is 23.7 Å². The van der Waals surface area contributed by atoms with Crippen LogP contribution < -0.4 is 11.1 Å². The zero-order valence-electron chi connectivity index (χ0n) is 10.8. The summed E-state index contributed by atoms with van der Waals surface area (Å²) in [7, 11) is 0. The Balaban J connectivity index is 0.00000133. The van der Waals surface area contributed by atoms with Crippen LogP contribution in [-0.2, 0) is 4.79 Å². The van der Waals surface area contributed by atoms with Crippen LogP contribution in [0.1, 0.15) is 49.3 Å². The first-order chi connectivity index (χ1) is 8.74. The van der Waals surface area contributed by atoms with Gasteiger partial charge in [-0.2, -0.15) is 0 Å². The minimum Gasteiger partial charge on any atom is -0.327 e. The number of rotatable bonds is 3. The lowest BCUT2D eigenvalue weighted by Gasteiger charge is -2.19. The zero-order chi connectivity index (χ0) is 12.5. The van der Waals surface area contributed by atoms with Crippen molar-refractivity contribution >= 4 is 34.8 Å². The number of nitrogens with two attached hydrogens (primary N) is 1. The van der Waals surface area contributed by atoms with E-state index in [1.54, 1.807) is 11.3 Å². The van der Waals surface area contributed by atoms with Gasteiger partial charge >= 0.3 is 0 Å². The number of carbonyl (C=O) groups is 1. The zero-order valence-corrected chi connectivity index (χ0v) is 12.4. The average molecular weight is 302 g/mol. The minimum absolute atomic E-state index is 0. The van der Waals surface area contributed by atoms with E-state index in [1.165, 1.54) is 37.0 Å². The summed E-state index contributed by atoms with van der Waals surface area (Å²) in [6, 6.07) is 0.0581. The van der Waals surface area contributed by atoms with E-state index in [9.17, 15) is 4.79 Å². The first-order valence-electron chi connectivity index (χ1n) is 6.76. The van der Waals surface area contributed by atoms with E-state index in [0.717, 1.165) is 11.6 Å². The monoisotopic (exact) mass is 301 g/mol. The average Bonchev–Trinajstić information content (AvgIpc) is 2.95. The summed E-state index contributed by atoms with van der Waals surface area (Å²) in [5.41, 5.74) is 5.67. The van der Waals surface area contributed by atoms with Crippen molar-refractivity contribution in [2.45, 2.75) is 50.5 Å². The highest BCUT2D eigenvalue weighted by atomic mass is 35.5. The summed E-state index contributed by atoms with van der Waals surface area (Å²) in [4.78, 5) is 17.4. The third kappa shape index (κ3) is 3.46. The Labute approximate surface area is 123 Å². The number of nitrogens with zero attached hydrogens (tertiary/aromatic N) is 1. The molecular formula is C13H20ClN3OS. The number of hydrogen-bond acceptors (Lipinski definition) is 4. The van der Waals surface area contributed by atoms with Crippen LogP contribution in [0.4, 0.5) is 5.13 Å². The number of aromatic nitrogens is 1. The lowest BCUT2D eigenvalue weighted by molar-refractivity contribution is -0.117. The van der Waals surface area contributed by atoms with Crippen LogP contribution in [0.5, 0.6) is 0 Å². The van der Waals surface area contributed by atoms with Crippen molar-refractivity contribution in [1.82, 2.24) is 4.98 Å². The number of carbonyl (C=O) groups excluding carboxylic acids is 1. The Bertz CT molecular complexity index is 445. The molecule has 1 aromatic heterocycles. The van der Waals surface area contributed by atoms with Gasteiger partial charge in [0.15, 0.2) is 5.13 Å². The van der Waals surface area contributed by atoms with E-state index >= 15 is 0 Å². The predicted molar refractivity (Wildman–Crippen MR) is 79.9 cm³/mol. The normalized spacial score (nSPS) is 26.6. The largest absolute Gasteiger partial charge is 0.327 e. The molecule has 106 valence electrons. The van der Waals surface area contributed by atoms with Crippen LogP contribution in [0.15, 0.2) is 6.20 Å². The molecule has 3 rings (SSSR count). The quantitative estimate of drug-likeness (QED) is 0.902. The lowest BCUT2D eigenvalue weighted by Crippen LogP contribution is -2.18. The molecule has 2 fully saturated rings. The van der Waals surface area contributed by atoms with Gasteiger partial charge in [0.2, 0.25) is 5.91 Å². The van der Waals surface area contributed by atoms with Gasteiger partial charge in [0.05, 0.1) is 5.92 Å². The van der Waals surface area contributed by atoms with E-state index < -0.39 is 0 Å². The van der Waals surface area contributed by atoms with Crippen LogP contribution in [0.3, 0.4) is 0 Å². The summed E-state index contributed by atoms with van der Waals surface area (Å²) < 4.78 is 0. The number of anilines is 1. The number of thiazole rings is 1. The Kier molecular flexibility index (Phi) is 4.81. The highest BCUT2D eigenvalue weighted by Gasteiger charge is 2.40. The molecule has 19 heavy (non-hydrogen) atoms. The highest BCUT2D eigenvalue weighted by Crippen LogP contribution is 2.37. The summed E-state index contributed by atoms with van der Waals surface area (Å²) in [6.07, 6.45) is 9.28. The van der Waals surface area contributed by atoms with Crippen molar-refractivity contribution < 1.29 is 4.79 Å². The second-order valence-corrected chi connectivity index (χ2v) is 6.46. The van der Waals surface area contributed by atoms with E-state index in [2.05, 4.69) is 10.3 Å². The van der Waals surface area contributed by atoms with E-state index in [1.807, 2.05) is 6.20 Å². The number of amides is 1. The molecule has 2 atom stereocenters. The van der Waals surface area contributed by atoms with Gasteiger partial charge < -0.3 is 11.1 Å². The van der Waals surface area contributed by atoms with E-state index in [0.29, 0.717) is 5.92 Å². The molecule has 1 amide bonds. The molecule has 0 radical (unpaired) electrons. The van der Waals surface area contributed by atoms with Crippen LogP contribution in [0.25, 0.3) is 0 Å². The maximum atomic E-state index is 11.7. The maximum absolute atomic E-state index is 11.7. The van der Waals surface area contributed by atoms with Crippen molar-refractivity contribution in [1.29, 1.82) is 0 Å². The van der Waals surface area contributed by atoms with Crippen molar-refractivity contribution in [2.24, 2.45) is 11.7 Å². The molecular weight excluding hydrogens is 282 g/mol. The molecule has 0 aliphatic heterocycles. The second kappa shape index (κ2) is 6.20. The summed E-state index contributed by atoms with van der Waals surface area (Å²) in [5.74, 6) is 0.698. The first kappa shape index (κ1) is 14.8. The molecule has 0 bridgehead atoms. The Morgan fingerprint density at radius 1 is 1.37 bits per heavy atom. The third-order valence-electron chi connectivity index (χ3n) is 3.94. The molecule has 0 saturated heterocycles. The van der Waals surface area contributed by atoms with Crippen molar-refractivity contribution in [2.75, 3.05) is 5.32 Å². The molecule has 0 aromatic carbocycles. The molecule has 6 heteroatoms. The predicted octanol–water partition coefficient (Wildman–Crippen LogP) is 2.90. The molecule has 0 spiro atoms. The van der Waals surface area contributed by atoms with Crippen molar-refractivity contribution in [3.8, 4) is 0 Å². The van der Waals surface area contributed by atoms with Gasteiger partial charge in [-0.3, -0.25) is 4.79 Å². The lowest BCUT2D eigenvalue weighted by atomic mass is 9.89. The Morgan fingerprint density at radius 3 is 2.68 bits per heavy atom. The standard InChI is InChI=1S/C13H19N3OS.ClH/c14-10-6-9(10)12(17)16-13-15-7-11(18-13)8-4-2-1-3-5-8;/h7-10H,1-6,14H2,(H,15,16,17);1H.